The third kappa shape index (κ3) is 5.02. The Labute approximate surface area is 155 Å². The van der Waals surface area contributed by atoms with E-state index < -0.39 is 27.8 Å². The molecule has 25 heavy (non-hydrogen) atoms. The van der Waals surface area contributed by atoms with Crippen molar-refractivity contribution in [2.75, 3.05) is 15.9 Å². The van der Waals surface area contributed by atoms with Crippen molar-refractivity contribution in [3.8, 4) is 0 Å². The van der Waals surface area contributed by atoms with Crippen LogP contribution in [0.4, 0.5) is 15.8 Å². The highest BCUT2D eigenvalue weighted by atomic mass is 79.9. The number of carbonyl (C=O) groups excluding carboxylic acids is 1. The second kappa shape index (κ2) is 7.97. The molecular weight excluding hydrogens is 411 g/mol. The van der Waals surface area contributed by atoms with Crippen LogP contribution in [0.5, 0.6) is 0 Å². The van der Waals surface area contributed by atoms with Crippen molar-refractivity contribution in [2.24, 2.45) is 0 Å². The number of nitrogens with zero attached hydrogens (tertiary/aromatic N) is 1. The molecule has 1 unspecified atom stereocenters. The third-order valence-electron chi connectivity index (χ3n) is 3.52. The highest BCUT2D eigenvalue weighted by molar-refractivity contribution is 9.10. The molecule has 2 aromatic carbocycles. The van der Waals surface area contributed by atoms with Crippen molar-refractivity contribution in [1.29, 1.82) is 0 Å². The maximum atomic E-state index is 13.2. The van der Waals surface area contributed by atoms with Gasteiger partial charge in [-0.15, -0.1) is 0 Å². The molecule has 0 fully saturated rings. The quantitative estimate of drug-likeness (QED) is 0.761. The van der Waals surface area contributed by atoms with Crippen LogP contribution in [0, 0.1) is 5.82 Å². The lowest BCUT2D eigenvalue weighted by Gasteiger charge is -2.30. The van der Waals surface area contributed by atoms with Gasteiger partial charge in [-0.1, -0.05) is 22.9 Å². The number of hydrogen-bond acceptors (Lipinski definition) is 3. The topological polar surface area (TPSA) is 66.5 Å². The van der Waals surface area contributed by atoms with Crippen molar-refractivity contribution in [1.82, 2.24) is 0 Å². The number of anilines is 2. The molecule has 0 saturated heterocycles. The van der Waals surface area contributed by atoms with Crippen molar-refractivity contribution in [3.05, 3.63) is 58.8 Å². The van der Waals surface area contributed by atoms with Gasteiger partial charge in [-0.2, -0.15) is 0 Å². The van der Waals surface area contributed by atoms with E-state index in [0.717, 1.165) is 27.2 Å². The smallest absolute Gasteiger partial charge is 0.248 e. The van der Waals surface area contributed by atoms with Gasteiger partial charge in [0.25, 0.3) is 0 Å². The molecule has 0 bridgehead atoms. The first kappa shape index (κ1) is 19.4. The molecule has 2 aromatic rings. The Kier molecular flexibility index (Phi) is 6.18. The monoisotopic (exact) mass is 428 g/mol. The summed E-state index contributed by atoms with van der Waals surface area (Å²) >= 11 is 3.31. The van der Waals surface area contributed by atoms with Gasteiger partial charge >= 0.3 is 0 Å². The predicted molar refractivity (Wildman–Crippen MR) is 101 cm³/mol. The number of sulfonamides is 1. The standard InChI is InChI=1S/C17H18BrFN2O3S/c1-3-16(17(22)20-14-8-4-12(18)5-9-14)21(25(2,23)24)15-10-6-13(19)7-11-15/h4-11,16H,3H2,1-2H3,(H,20,22). The molecule has 0 radical (unpaired) electrons. The van der Waals surface area contributed by atoms with E-state index in [2.05, 4.69) is 21.2 Å². The third-order valence-corrected chi connectivity index (χ3v) is 5.23. The van der Waals surface area contributed by atoms with E-state index in [1.807, 2.05) is 0 Å². The van der Waals surface area contributed by atoms with Crippen LogP contribution in [0.3, 0.4) is 0 Å². The number of halogens is 2. The average Bonchev–Trinajstić information content (AvgIpc) is 2.54. The van der Waals surface area contributed by atoms with E-state index in [4.69, 9.17) is 0 Å². The van der Waals surface area contributed by atoms with E-state index in [9.17, 15) is 17.6 Å². The van der Waals surface area contributed by atoms with Crippen molar-refractivity contribution >= 4 is 43.2 Å². The molecule has 1 amide bonds. The molecule has 0 heterocycles. The van der Waals surface area contributed by atoms with Gasteiger partial charge in [-0.05, 0) is 55.0 Å². The molecule has 1 atom stereocenters. The van der Waals surface area contributed by atoms with Gasteiger partial charge in [-0.3, -0.25) is 9.10 Å². The highest BCUT2D eigenvalue weighted by Gasteiger charge is 2.31. The molecule has 0 aliphatic rings. The van der Waals surface area contributed by atoms with Gasteiger partial charge in [0.1, 0.15) is 11.9 Å². The van der Waals surface area contributed by atoms with Crippen LogP contribution in [0.25, 0.3) is 0 Å². The molecule has 1 N–H and O–H groups in total. The molecule has 2 rings (SSSR count). The Morgan fingerprint density at radius 3 is 2.20 bits per heavy atom. The van der Waals surface area contributed by atoms with Crippen LogP contribution in [-0.4, -0.2) is 26.6 Å². The summed E-state index contributed by atoms with van der Waals surface area (Å²) in [5, 5.41) is 2.71. The number of carbonyl (C=O) groups is 1. The molecule has 0 aliphatic heterocycles. The van der Waals surface area contributed by atoms with Crippen LogP contribution in [0.2, 0.25) is 0 Å². The zero-order valence-corrected chi connectivity index (χ0v) is 16.1. The fourth-order valence-corrected chi connectivity index (χ4v) is 3.88. The van der Waals surface area contributed by atoms with Crippen LogP contribution in [-0.2, 0) is 14.8 Å². The fourth-order valence-electron chi connectivity index (χ4n) is 2.41. The van der Waals surface area contributed by atoms with Crippen LogP contribution < -0.4 is 9.62 Å². The maximum Gasteiger partial charge on any atom is 0.248 e. The van der Waals surface area contributed by atoms with Gasteiger partial charge in [0.05, 0.1) is 11.9 Å². The molecule has 134 valence electrons. The number of rotatable bonds is 6. The zero-order valence-electron chi connectivity index (χ0n) is 13.7. The van der Waals surface area contributed by atoms with Gasteiger partial charge < -0.3 is 5.32 Å². The Hall–Kier alpha value is -1.93. The highest BCUT2D eigenvalue weighted by Crippen LogP contribution is 2.24. The van der Waals surface area contributed by atoms with Crippen molar-refractivity contribution < 1.29 is 17.6 Å². The lowest BCUT2D eigenvalue weighted by Crippen LogP contribution is -2.47. The summed E-state index contributed by atoms with van der Waals surface area (Å²) in [5.41, 5.74) is 0.793. The largest absolute Gasteiger partial charge is 0.324 e. The summed E-state index contributed by atoms with van der Waals surface area (Å²) in [6.07, 6.45) is 1.28. The summed E-state index contributed by atoms with van der Waals surface area (Å²) in [6, 6.07) is 11.0. The Morgan fingerprint density at radius 1 is 1.16 bits per heavy atom. The van der Waals surface area contributed by atoms with E-state index in [-0.39, 0.29) is 12.1 Å². The maximum absolute atomic E-state index is 13.2. The molecule has 0 aliphatic carbocycles. The van der Waals surface area contributed by atoms with Gasteiger partial charge in [0, 0.05) is 10.2 Å². The van der Waals surface area contributed by atoms with E-state index in [0.29, 0.717) is 5.69 Å². The Bertz CT molecular complexity index is 839. The first-order valence-electron chi connectivity index (χ1n) is 7.53. The minimum atomic E-state index is -3.74. The Balaban J connectivity index is 2.34. The fraction of sp³-hybridized carbons (Fsp3) is 0.235. The molecule has 0 spiro atoms. The predicted octanol–water partition coefficient (Wildman–Crippen LogP) is 3.77. The van der Waals surface area contributed by atoms with E-state index in [1.54, 1.807) is 31.2 Å². The molecule has 0 saturated carbocycles. The first-order valence-corrected chi connectivity index (χ1v) is 10.2. The summed E-state index contributed by atoms with van der Waals surface area (Å²) in [4.78, 5) is 12.7. The SMILES string of the molecule is CCC(C(=O)Nc1ccc(Br)cc1)N(c1ccc(F)cc1)S(C)(=O)=O. The van der Waals surface area contributed by atoms with Crippen molar-refractivity contribution in [2.45, 2.75) is 19.4 Å². The summed E-state index contributed by atoms with van der Waals surface area (Å²) < 4.78 is 39.6. The molecule has 8 heteroatoms. The lowest BCUT2D eigenvalue weighted by molar-refractivity contribution is -0.117. The summed E-state index contributed by atoms with van der Waals surface area (Å²) in [7, 11) is -3.74. The summed E-state index contributed by atoms with van der Waals surface area (Å²) in [6.45, 7) is 1.72. The first-order chi connectivity index (χ1) is 11.7. The average molecular weight is 429 g/mol. The molecular formula is C17H18BrFN2O3S. The number of hydrogen-bond donors (Lipinski definition) is 1. The zero-order chi connectivity index (χ0) is 18.6. The number of nitrogens with one attached hydrogen (secondary N) is 1. The molecule has 0 aromatic heterocycles. The van der Waals surface area contributed by atoms with Gasteiger partial charge in [-0.25, -0.2) is 12.8 Å². The number of amides is 1. The van der Waals surface area contributed by atoms with Crippen LogP contribution in [0.1, 0.15) is 13.3 Å². The molecule has 5 nitrogen and oxygen atoms in total. The van der Waals surface area contributed by atoms with Gasteiger partial charge in [0.2, 0.25) is 15.9 Å². The van der Waals surface area contributed by atoms with E-state index in [1.165, 1.54) is 12.1 Å². The second-order valence-corrected chi connectivity index (χ2v) is 8.23. The Morgan fingerprint density at radius 2 is 1.72 bits per heavy atom. The van der Waals surface area contributed by atoms with Crippen LogP contribution >= 0.6 is 15.9 Å². The van der Waals surface area contributed by atoms with Gasteiger partial charge in [0.15, 0.2) is 0 Å². The lowest BCUT2D eigenvalue weighted by atomic mass is 10.2. The van der Waals surface area contributed by atoms with E-state index >= 15 is 0 Å². The number of benzene rings is 2. The minimum Gasteiger partial charge on any atom is -0.324 e. The van der Waals surface area contributed by atoms with Crippen LogP contribution in [0.15, 0.2) is 53.0 Å². The summed E-state index contributed by atoms with van der Waals surface area (Å²) in [5.74, 6) is -0.941. The van der Waals surface area contributed by atoms with Crippen molar-refractivity contribution in [3.63, 3.8) is 0 Å². The second-order valence-electron chi connectivity index (χ2n) is 5.46. The minimum absolute atomic E-state index is 0.238. The normalized spacial score (nSPS) is 12.5.